The minimum atomic E-state index is 0.189. The highest BCUT2D eigenvalue weighted by atomic mass is 16.5. The Morgan fingerprint density at radius 1 is 1.50 bits per heavy atom. The Labute approximate surface area is 84.7 Å². The fourth-order valence-electron chi connectivity index (χ4n) is 1.78. The molecule has 1 aromatic rings. The third-order valence-electron chi connectivity index (χ3n) is 2.91. The van der Waals surface area contributed by atoms with Crippen molar-refractivity contribution in [2.24, 2.45) is 0 Å². The van der Waals surface area contributed by atoms with Crippen molar-refractivity contribution in [3.05, 3.63) is 54.5 Å². The van der Waals surface area contributed by atoms with Crippen LogP contribution in [0.4, 0.5) is 0 Å². The first-order valence-corrected chi connectivity index (χ1v) is 4.82. The van der Waals surface area contributed by atoms with Crippen LogP contribution >= 0.6 is 0 Å². The Balaban J connectivity index is 2.11. The fraction of sp³-hybridized carbons (Fsp3) is 0.308. The Morgan fingerprint density at radius 2 is 2.21 bits per heavy atom. The number of benzene rings is 1. The standard InChI is InChI=1S/C13H14O/c1-3-9-14-12-10-13(12,2)11-7-5-4-6-8-11/h4-9,12H,1,10H2,2H3/t12-,13+/m0/s1. The van der Waals surface area contributed by atoms with E-state index in [1.54, 1.807) is 6.26 Å². The maximum absolute atomic E-state index is 5.47. The predicted octanol–water partition coefficient (Wildman–Crippen LogP) is 3.03. The van der Waals surface area contributed by atoms with Gasteiger partial charge in [-0.15, -0.1) is 0 Å². The first-order valence-electron chi connectivity index (χ1n) is 4.82. The zero-order valence-electron chi connectivity index (χ0n) is 8.36. The van der Waals surface area contributed by atoms with Gasteiger partial charge in [0.15, 0.2) is 0 Å². The summed E-state index contributed by atoms with van der Waals surface area (Å²) in [7, 11) is 0. The van der Waals surface area contributed by atoms with E-state index >= 15 is 0 Å². The molecule has 2 atom stereocenters. The SMILES string of the molecule is C=C=CO[C@H]1C[C@]1(C)c1ccccc1. The van der Waals surface area contributed by atoms with E-state index in [2.05, 4.69) is 43.5 Å². The van der Waals surface area contributed by atoms with Crippen LogP contribution in [0.2, 0.25) is 0 Å². The van der Waals surface area contributed by atoms with Gasteiger partial charge in [-0.25, -0.2) is 0 Å². The van der Waals surface area contributed by atoms with Crippen LogP contribution in [-0.2, 0) is 10.2 Å². The summed E-state index contributed by atoms with van der Waals surface area (Å²) >= 11 is 0. The van der Waals surface area contributed by atoms with Gasteiger partial charge in [-0.2, -0.15) is 0 Å². The molecule has 0 unspecified atom stereocenters. The molecule has 1 aliphatic rings. The van der Waals surface area contributed by atoms with E-state index in [4.69, 9.17) is 4.74 Å². The normalized spacial score (nSPS) is 29.1. The molecule has 1 saturated carbocycles. The predicted molar refractivity (Wildman–Crippen MR) is 57.0 cm³/mol. The summed E-state index contributed by atoms with van der Waals surface area (Å²) in [6, 6.07) is 10.5. The van der Waals surface area contributed by atoms with Crippen molar-refractivity contribution in [1.82, 2.24) is 0 Å². The number of hydrogen-bond acceptors (Lipinski definition) is 1. The van der Waals surface area contributed by atoms with E-state index < -0.39 is 0 Å². The van der Waals surface area contributed by atoms with Gasteiger partial charge in [0, 0.05) is 5.41 Å². The molecule has 0 radical (unpaired) electrons. The molecule has 0 bridgehead atoms. The molecule has 0 amide bonds. The van der Waals surface area contributed by atoms with Gasteiger partial charge in [-0.05, 0) is 12.0 Å². The molecule has 1 aromatic carbocycles. The molecule has 0 heterocycles. The number of hydrogen-bond donors (Lipinski definition) is 0. The molecule has 72 valence electrons. The van der Waals surface area contributed by atoms with E-state index in [-0.39, 0.29) is 5.41 Å². The second kappa shape index (κ2) is 3.36. The van der Waals surface area contributed by atoms with Gasteiger partial charge in [-0.3, -0.25) is 0 Å². The summed E-state index contributed by atoms with van der Waals surface area (Å²) < 4.78 is 5.47. The third-order valence-corrected chi connectivity index (χ3v) is 2.91. The molecule has 1 nitrogen and oxygen atoms in total. The first-order chi connectivity index (χ1) is 6.77. The topological polar surface area (TPSA) is 9.23 Å². The molecule has 1 heteroatoms. The van der Waals surface area contributed by atoms with Gasteiger partial charge < -0.3 is 4.74 Å². The van der Waals surface area contributed by atoms with Gasteiger partial charge >= 0.3 is 0 Å². The minimum Gasteiger partial charge on any atom is -0.489 e. The highest BCUT2D eigenvalue weighted by Crippen LogP contribution is 2.50. The van der Waals surface area contributed by atoms with Gasteiger partial charge in [0.25, 0.3) is 0 Å². The van der Waals surface area contributed by atoms with Crippen LogP contribution < -0.4 is 0 Å². The van der Waals surface area contributed by atoms with E-state index in [1.807, 2.05) is 6.07 Å². The van der Waals surface area contributed by atoms with Gasteiger partial charge in [0.1, 0.15) is 12.4 Å². The molecule has 2 rings (SSSR count). The van der Waals surface area contributed by atoms with E-state index in [0.29, 0.717) is 6.10 Å². The van der Waals surface area contributed by atoms with Crippen LogP contribution in [0.5, 0.6) is 0 Å². The zero-order valence-corrected chi connectivity index (χ0v) is 8.36. The summed E-state index contributed by atoms with van der Waals surface area (Å²) in [5.74, 6) is 0. The van der Waals surface area contributed by atoms with E-state index in [1.165, 1.54) is 5.56 Å². The summed E-state index contributed by atoms with van der Waals surface area (Å²) in [6.45, 7) is 5.70. The highest BCUT2D eigenvalue weighted by molar-refractivity contribution is 5.33. The average molecular weight is 186 g/mol. The molecule has 0 aliphatic heterocycles. The molecular formula is C13H14O. The molecule has 0 saturated heterocycles. The summed E-state index contributed by atoms with van der Waals surface area (Å²) in [4.78, 5) is 0. The Bertz CT molecular complexity index is 362. The molecule has 0 spiro atoms. The van der Waals surface area contributed by atoms with Crippen LogP contribution in [0.1, 0.15) is 18.9 Å². The molecule has 14 heavy (non-hydrogen) atoms. The van der Waals surface area contributed by atoms with Crippen LogP contribution in [0.3, 0.4) is 0 Å². The van der Waals surface area contributed by atoms with Crippen molar-refractivity contribution in [3.63, 3.8) is 0 Å². The van der Waals surface area contributed by atoms with Crippen LogP contribution in [0, 0.1) is 0 Å². The van der Waals surface area contributed by atoms with Gasteiger partial charge in [0.05, 0.1) is 0 Å². The summed E-state index contributed by atoms with van der Waals surface area (Å²) in [5, 5.41) is 0. The fourth-order valence-corrected chi connectivity index (χ4v) is 1.78. The molecular weight excluding hydrogens is 172 g/mol. The van der Waals surface area contributed by atoms with Crippen molar-refractivity contribution >= 4 is 0 Å². The Morgan fingerprint density at radius 3 is 2.86 bits per heavy atom. The smallest absolute Gasteiger partial charge is 0.125 e. The maximum Gasteiger partial charge on any atom is 0.125 e. The maximum atomic E-state index is 5.47. The number of ether oxygens (including phenoxy) is 1. The third kappa shape index (κ3) is 1.47. The van der Waals surface area contributed by atoms with Crippen molar-refractivity contribution in [3.8, 4) is 0 Å². The first kappa shape index (κ1) is 9.11. The molecule has 1 fully saturated rings. The lowest BCUT2D eigenvalue weighted by molar-refractivity contribution is 0.213. The highest BCUT2D eigenvalue weighted by Gasteiger charge is 2.53. The zero-order chi connectivity index (χ0) is 10.0. The van der Waals surface area contributed by atoms with Gasteiger partial charge in [0.2, 0.25) is 0 Å². The number of rotatable bonds is 3. The Kier molecular flexibility index (Phi) is 2.18. The lowest BCUT2D eigenvalue weighted by Gasteiger charge is -2.10. The van der Waals surface area contributed by atoms with Crippen molar-refractivity contribution in [2.45, 2.75) is 24.9 Å². The second-order valence-corrected chi connectivity index (χ2v) is 3.93. The van der Waals surface area contributed by atoms with Crippen LogP contribution in [0.15, 0.2) is 48.9 Å². The Hall–Kier alpha value is -1.46. The summed E-state index contributed by atoms with van der Waals surface area (Å²) in [5.41, 5.74) is 4.17. The molecule has 0 aromatic heterocycles. The van der Waals surface area contributed by atoms with E-state index in [9.17, 15) is 0 Å². The quantitative estimate of drug-likeness (QED) is 0.521. The largest absolute Gasteiger partial charge is 0.489 e. The van der Waals surface area contributed by atoms with E-state index in [0.717, 1.165) is 6.42 Å². The van der Waals surface area contributed by atoms with Crippen molar-refractivity contribution < 1.29 is 4.74 Å². The lowest BCUT2D eigenvalue weighted by Crippen LogP contribution is -2.07. The van der Waals surface area contributed by atoms with Crippen molar-refractivity contribution in [2.75, 3.05) is 0 Å². The summed E-state index contributed by atoms with van der Waals surface area (Å²) in [6.07, 6.45) is 2.92. The monoisotopic (exact) mass is 186 g/mol. The van der Waals surface area contributed by atoms with Gasteiger partial charge in [-0.1, -0.05) is 49.6 Å². The molecule has 1 aliphatic carbocycles. The van der Waals surface area contributed by atoms with Crippen LogP contribution in [-0.4, -0.2) is 6.10 Å². The van der Waals surface area contributed by atoms with Crippen molar-refractivity contribution in [1.29, 1.82) is 0 Å². The second-order valence-electron chi connectivity index (χ2n) is 3.93. The van der Waals surface area contributed by atoms with Crippen LogP contribution in [0.25, 0.3) is 0 Å². The average Bonchev–Trinajstić information content (AvgIpc) is 2.90. The lowest BCUT2D eigenvalue weighted by atomic mass is 9.98. The minimum absolute atomic E-state index is 0.189. The molecule has 0 N–H and O–H groups in total.